The second kappa shape index (κ2) is 9.13. The van der Waals surface area contributed by atoms with Crippen LogP contribution in [0.4, 0.5) is 0 Å². The molecule has 0 fully saturated rings. The van der Waals surface area contributed by atoms with Gasteiger partial charge in [0.2, 0.25) is 11.8 Å². The molecular formula is C9H13N2O2S5. The molecule has 0 aromatic carbocycles. The fraction of sp³-hybridized carbons (Fsp3) is 0.444. The molecule has 0 heterocycles. The molecule has 0 spiro atoms. The van der Waals surface area contributed by atoms with Crippen molar-refractivity contribution in [2.75, 3.05) is 0 Å². The van der Waals surface area contributed by atoms with Crippen LogP contribution < -0.4 is 10.6 Å². The van der Waals surface area contributed by atoms with Crippen molar-refractivity contribution in [2.45, 2.75) is 23.8 Å². The van der Waals surface area contributed by atoms with Crippen molar-refractivity contribution in [1.82, 2.24) is 10.6 Å². The summed E-state index contributed by atoms with van der Waals surface area (Å²) in [5, 5.41) is 4.07. The number of thiocarbonyl (C=S) groups is 2. The Balaban J connectivity index is 4.57. The lowest BCUT2D eigenvalue weighted by molar-refractivity contribution is -0.124. The molecule has 2 unspecified atom stereocenters. The molecule has 0 saturated heterocycles. The molecule has 0 aliphatic rings. The molecule has 0 aromatic heterocycles. The molecule has 4 nitrogen and oxygen atoms in total. The zero-order valence-corrected chi connectivity index (χ0v) is 13.7. The number of carbonyl (C=O) groups excluding carboxylic acids is 2. The highest BCUT2D eigenvalue weighted by atomic mass is 32.2. The number of thiol groups is 2. The Morgan fingerprint density at radius 1 is 1.28 bits per heavy atom. The number of hydrogen-bond acceptors (Lipinski definition) is 5. The summed E-state index contributed by atoms with van der Waals surface area (Å²) in [6, 6.07) is 0. The van der Waals surface area contributed by atoms with Gasteiger partial charge >= 0.3 is 0 Å². The van der Waals surface area contributed by atoms with Crippen molar-refractivity contribution >= 4 is 81.9 Å². The van der Waals surface area contributed by atoms with Crippen molar-refractivity contribution < 1.29 is 9.59 Å². The summed E-state index contributed by atoms with van der Waals surface area (Å²) in [4.78, 5) is 23.3. The number of amides is 2. The maximum absolute atomic E-state index is 11.8. The summed E-state index contributed by atoms with van der Waals surface area (Å²) in [5.41, 5.74) is 0. The third-order valence-corrected chi connectivity index (χ3v) is 3.14. The van der Waals surface area contributed by atoms with Gasteiger partial charge in [-0.15, -0.1) is 37.0 Å². The maximum Gasteiger partial charge on any atom is 0.239 e. The molecule has 1 radical (unpaired) electrons. The molecule has 9 heteroatoms. The smallest absolute Gasteiger partial charge is 0.239 e. The van der Waals surface area contributed by atoms with E-state index >= 15 is 0 Å². The third kappa shape index (κ3) is 9.15. The van der Waals surface area contributed by atoms with E-state index in [-0.39, 0.29) is 32.1 Å². The normalized spacial score (nSPS) is 11.8. The van der Waals surface area contributed by atoms with Crippen LogP contribution >= 0.6 is 61.5 Å². The highest BCUT2D eigenvalue weighted by Gasteiger charge is 2.24. The van der Waals surface area contributed by atoms with Crippen LogP contribution in [0.3, 0.4) is 0 Å². The van der Waals surface area contributed by atoms with Gasteiger partial charge in [-0.25, -0.2) is 0 Å². The monoisotopic (exact) mass is 341 g/mol. The number of hydrogen-bond donors (Lipinski definition) is 4. The molecule has 0 aromatic rings. The van der Waals surface area contributed by atoms with E-state index in [1.807, 2.05) is 6.92 Å². The minimum absolute atomic E-state index is 0.0343. The molecule has 18 heavy (non-hydrogen) atoms. The molecule has 2 N–H and O–H groups in total. The topological polar surface area (TPSA) is 58.2 Å². The van der Waals surface area contributed by atoms with E-state index in [4.69, 9.17) is 0 Å². The minimum Gasteiger partial charge on any atom is -0.312 e. The Labute approximate surface area is 132 Å². The maximum atomic E-state index is 11.8. The van der Waals surface area contributed by atoms with Crippen LogP contribution in [-0.4, -0.2) is 31.0 Å². The Bertz CT molecular complexity index is 359. The van der Waals surface area contributed by atoms with Crippen LogP contribution in [0.25, 0.3) is 0 Å². The molecule has 2 amide bonds. The van der Waals surface area contributed by atoms with Gasteiger partial charge in [-0.3, -0.25) is 9.59 Å². The highest BCUT2D eigenvalue weighted by Crippen LogP contribution is 2.20. The van der Waals surface area contributed by atoms with Crippen molar-refractivity contribution in [2.24, 2.45) is 0 Å². The van der Waals surface area contributed by atoms with Gasteiger partial charge < -0.3 is 10.6 Å². The van der Waals surface area contributed by atoms with Gasteiger partial charge in [-0.1, -0.05) is 31.4 Å². The van der Waals surface area contributed by atoms with Gasteiger partial charge in [-0.05, 0) is 6.92 Å². The van der Waals surface area contributed by atoms with Crippen molar-refractivity contribution in [3.8, 4) is 0 Å². The molecule has 0 rings (SSSR count). The first-order valence-corrected chi connectivity index (χ1v) is 7.42. The van der Waals surface area contributed by atoms with Crippen LogP contribution in [0.1, 0.15) is 13.3 Å². The van der Waals surface area contributed by atoms with E-state index in [2.05, 4.69) is 67.3 Å². The Kier molecular flexibility index (Phi) is 9.22. The number of thioether (sulfide) groups is 1. The quantitative estimate of drug-likeness (QED) is 0.449. The van der Waals surface area contributed by atoms with Crippen molar-refractivity contribution in [1.29, 1.82) is 0 Å². The molecular weight excluding hydrogens is 328 g/mol. The lowest BCUT2D eigenvalue weighted by Gasteiger charge is -2.17. The van der Waals surface area contributed by atoms with Gasteiger partial charge in [0.15, 0.2) is 0 Å². The van der Waals surface area contributed by atoms with Crippen LogP contribution in [0.2, 0.25) is 0 Å². The Hall–Kier alpha value is 0.170. The van der Waals surface area contributed by atoms with Crippen LogP contribution in [-0.2, 0) is 9.59 Å². The first-order chi connectivity index (χ1) is 8.22. The first kappa shape index (κ1) is 18.2. The Morgan fingerprint density at radius 2 is 1.78 bits per heavy atom. The van der Waals surface area contributed by atoms with Crippen molar-refractivity contribution in [3.05, 3.63) is 6.92 Å². The molecule has 0 saturated carbocycles. The molecule has 0 bridgehead atoms. The summed E-state index contributed by atoms with van der Waals surface area (Å²) in [6.07, 6.45) is -0.0343. The van der Waals surface area contributed by atoms with E-state index in [0.29, 0.717) is 0 Å². The lowest BCUT2D eigenvalue weighted by Crippen LogP contribution is -2.39. The van der Waals surface area contributed by atoms with Crippen molar-refractivity contribution in [3.63, 3.8) is 0 Å². The molecule has 101 valence electrons. The average molecular weight is 342 g/mol. The van der Waals surface area contributed by atoms with E-state index in [1.54, 1.807) is 0 Å². The molecule has 2 atom stereocenters. The van der Waals surface area contributed by atoms with Gasteiger partial charge in [0.1, 0.15) is 8.64 Å². The second-order valence-corrected chi connectivity index (χ2v) is 7.25. The number of nitrogens with one attached hydrogen (secondary N) is 2. The number of rotatable bonds is 5. The van der Waals surface area contributed by atoms with Crippen LogP contribution in [0, 0.1) is 6.92 Å². The summed E-state index contributed by atoms with van der Waals surface area (Å²) < 4.78 is 0.129. The largest absolute Gasteiger partial charge is 0.312 e. The SMILES string of the molecule is [CH2]C(C)SC(CC(=O)NC(=S)S)C(=O)NC(=S)S. The summed E-state index contributed by atoms with van der Waals surface area (Å²) in [7, 11) is 0. The van der Waals surface area contributed by atoms with E-state index < -0.39 is 5.25 Å². The fourth-order valence-corrected chi connectivity index (χ4v) is 2.45. The highest BCUT2D eigenvalue weighted by molar-refractivity contribution is 8.11. The minimum atomic E-state index is -0.606. The standard InChI is InChI=1S/C9H13N2O2S5/c1-4(2)18-5(7(13)11-9(16)17)3-6(12)10-8(14)15/h4-5H,1,3H2,2H3,(H2,10,12,14,15)(H2,11,13,16,17). The predicted octanol–water partition coefficient (Wildman–Crippen LogP) is 1.36. The van der Waals surface area contributed by atoms with Gasteiger partial charge in [0.05, 0.1) is 5.25 Å². The van der Waals surface area contributed by atoms with Gasteiger partial charge in [-0.2, -0.15) is 0 Å². The third-order valence-electron chi connectivity index (χ3n) is 1.54. The van der Waals surface area contributed by atoms with Crippen LogP contribution in [0.5, 0.6) is 0 Å². The zero-order valence-electron chi connectivity index (χ0n) is 9.50. The van der Waals surface area contributed by atoms with Gasteiger partial charge in [0.25, 0.3) is 0 Å². The van der Waals surface area contributed by atoms with E-state index in [9.17, 15) is 9.59 Å². The fourth-order valence-electron chi connectivity index (χ4n) is 1.01. The summed E-state index contributed by atoms with van der Waals surface area (Å²) >= 11 is 18.1. The molecule has 0 aliphatic heterocycles. The van der Waals surface area contributed by atoms with Crippen LogP contribution in [0.15, 0.2) is 0 Å². The lowest BCUT2D eigenvalue weighted by atomic mass is 10.3. The predicted molar refractivity (Wildman–Crippen MR) is 90.3 cm³/mol. The number of carbonyl (C=O) groups is 2. The van der Waals surface area contributed by atoms with E-state index in [0.717, 1.165) is 0 Å². The zero-order chi connectivity index (χ0) is 14.3. The first-order valence-electron chi connectivity index (χ1n) is 4.77. The average Bonchev–Trinajstić information content (AvgIpc) is 2.13. The van der Waals surface area contributed by atoms with E-state index in [1.165, 1.54) is 11.8 Å². The van der Waals surface area contributed by atoms with Gasteiger partial charge in [0, 0.05) is 11.7 Å². The summed E-state index contributed by atoms with van der Waals surface area (Å²) in [6.45, 7) is 5.59. The second-order valence-electron chi connectivity index (χ2n) is 3.29. The Morgan fingerprint density at radius 3 is 2.17 bits per heavy atom. The summed E-state index contributed by atoms with van der Waals surface area (Å²) in [5.74, 6) is -0.760. The molecule has 0 aliphatic carbocycles.